The average molecular weight is 353 g/mol. The minimum Gasteiger partial charge on any atom is -0.290 e. The van der Waals surface area contributed by atoms with Gasteiger partial charge < -0.3 is 0 Å². The van der Waals surface area contributed by atoms with E-state index in [0.29, 0.717) is 10.0 Å². The van der Waals surface area contributed by atoms with Crippen LogP contribution >= 0.6 is 34.5 Å². The molecule has 1 aromatic heterocycles. The molecule has 114 valence electrons. The van der Waals surface area contributed by atoms with Gasteiger partial charge >= 0.3 is 0 Å². The topological polar surface area (TPSA) is 23.6 Å². The average Bonchev–Trinajstić information content (AvgIpc) is 3.21. The second kappa shape index (κ2) is 5.53. The van der Waals surface area contributed by atoms with Crippen LogP contribution in [0.5, 0.6) is 0 Å². The maximum Gasteiger partial charge on any atom is 0.246 e. The van der Waals surface area contributed by atoms with E-state index in [0.717, 1.165) is 25.1 Å². The molecule has 0 N–H and O–H groups in total. The van der Waals surface area contributed by atoms with Crippen molar-refractivity contribution in [3.63, 3.8) is 0 Å². The number of nitrogens with zero attached hydrogens (tertiary/aromatic N) is 2. The first-order chi connectivity index (χ1) is 10.7. The third kappa shape index (κ3) is 2.17. The molecule has 1 aromatic carbocycles. The number of fused-ring (bicyclic) bond motifs is 1. The number of carbonyl (C=O) groups is 1. The maximum absolute atomic E-state index is 12.9. The van der Waals surface area contributed by atoms with Crippen LogP contribution in [0, 0.1) is 0 Å². The Kier molecular flexibility index (Phi) is 3.65. The zero-order valence-electron chi connectivity index (χ0n) is 11.7. The first-order valence-corrected chi connectivity index (χ1v) is 8.87. The molecule has 0 radical (unpaired) electrons. The quantitative estimate of drug-likeness (QED) is 0.790. The van der Waals surface area contributed by atoms with Crippen molar-refractivity contribution in [2.75, 3.05) is 11.4 Å². The van der Waals surface area contributed by atoms with E-state index in [1.165, 1.54) is 4.88 Å². The van der Waals surface area contributed by atoms with Crippen molar-refractivity contribution in [3.05, 3.63) is 50.6 Å². The van der Waals surface area contributed by atoms with E-state index >= 15 is 0 Å². The molecule has 3 heterocycles. The van der Waals surface area contributed by atoms with Crippen LogP contribution in [0.1, 0.15) is 23.9 Å². The lowest BCUT2D eigenvalue weighted by molar-refractivity contribution is -0.119. The highest BCUT2D eigenvalue weighted by Gasteiger charge is 2.49. The molecule has 0 aliphatic carbocycles. The van der Waals surface area contributed by atoms with Crippen LogP contribution in [-0.2, 0) is 4.79 Å². The Morgan fingerprint density at radius 1 is 1.18 bits per heavy atom. The molecular weight excluding hydrogens is 339 g/mol. The SMILES string of the molecule is O=C1C2CCCN2C(c2cccs2)N1c1ccc(Cl)c(Cl)c1. The molecule has 2 fully saturated rings. The van der Waals surface area contributed by atoms with Gasteiger partial charge in [-0.3, -0.25) is 14.6 Å². The van der Waals surface area contributed by atoms with Gasteiger partial charge in [0.05, 0.1) is 16.1 Å². The Bertz CT molecular complexity index is 719. The van der Waals surface area contributed by atoms with Crippen molar-refractivity contribution < 1.29 is 4.79 Å². The molecule has 0 bridgehead atoms. The molecule has 3 nitrogen and oxygen atoms in total. The van der Waals surface area contributed by atoms with Crippen molar-refractivity contribution in [2.24, 2.45) is 0 Å². The lowest BCUT2D eigenvalue weighted by atomic mass is 10.2. The number of benzene rings is 1. The predicted octanol–water partition coefficient (Wildman–Crippen LogP) is 4.56. The van der Waals surface area contributed by atoms with Crippen LogP contribution in [0.2, 0.25) is 10.0 Å². The number of thiophene rings is 1. The fraction of sp³-hybridized carbons (Fsp3) is 0.312. The number of rotatable bonds is 2. The summed E-state index contributed by atoms with van der Waals surface area (Å²) in [5.74, 6) is 0.161. The summed E-state index contributed by atoms with van der Waals surface area (Å²) in [6, 6.07) is 9.51. The zero-order valence-corrected chi connectivity index (χ0v) is 14.0. The van der Waals surface area contributed by atoms with Gasteiger partial charge in [0.1, 0.15) is 6.17 Å². The molecule has 2 atom stereocenters. The molecule has 22 heavy (non-hydrogen) atoms. The van der Waals surface area contributed by atoms with E-state index in [9.17, 15) is 4.79 Å². The largest absolute Gasteiger partial charge is 0.290 e. The number of hydrogen-bond acceptors (Lipinski definition) is 3. The molecule has 4 rings (SSSR count). The van der Waals surface area contributed by atoms with E-state index in [1.54, 1.807) is 23.5 Å². The summed E-state index contributed by atoms with van der Waals surface area (Å²) in [4.78, 5) is 18.3. The Morgan fingerprint density at radius 2 is 2.05 bits per heavy atom. The summed E-state index contributed by atoms with van der Waals surface area (Å²) >= 11 is 13.8. The van der Waals surface area contributed by atoms with E-state index in [-0.39, 0.29) is 18.1 Å². The number of carbonyl (C=O) groups excluding carboxylic acids is 1. The van der Waals surface area contributed by atoms with E-state index in [4.69, 9.17) is 23.2 Å². The predicted molar refractivity (Wildman–Crippen MR) is 90.7 cm³/mol. The van der Waals surface area contributed by atoms with E-state index in [1.807, 2.05) is 17.0 Å². The van der Waals surface area contributed by atoms with Gasteiger partial charge in [0, 0.05) is 17.1 Å². The van der Waals surface area contributed by atoms with Crippen LogP contribution < -0.4 is 4.90 Å². The monoisotopic (exact) mass is 352 g/mol. The summed E-state index contributed by atoms with van der Waals surface area (Å²) in [5.41, 5.74) is 0.812. The number of anilines is 1. The molecule has 1 amide bonds. The fourth-order valence-electron chi connectivity index (χ4n) is 3.41. The minimum absolute atomic E-state index is 0.0125. The van der Waals surface area contributed by atoms with Crippen molar-refractivity contribution in [1.29, 1.82) is 0 Å². The molecule has 2 unspecified atom stereocenters. The number of halogens is 2. The normalized spacial score (nSPS) is 25.0. The van der Waals surface area contributed by atoms with Crippen LogP contribution in [-0.4, -0.2) is 23.4 Å². The summed E-state index contributed by atoms with van der Waals surface area (Å²) in [6.45, 7) is 0.955. The Labute approximate surface area is 143 Å². The van der Waals surface area contributed by atoms with Gasteiger partial charge in [0.15, 0.2) is 0 Å². The molecule has 2 aliphatic rings. The fourth-order valence-corrected chi connectivity index (χ4v) is 4.53. The Morgan fingerprint density at radius 3 is 2.77 bits per heavy atom. The smallest absolute Gasteiger partial charge is 0.246 e. The van der Waals surface area contributed by atoms with Crippen molar-refractivity contribution in [1.82, 2.24) is 4.90 Å². The van der Waals surface area contributed by atoms with Crippen molar-refractivity contribution in [3.8, 4) is 0 Å². The lowest BCUT2D eigenvalue weighted by Crippen LogP contribution is -2.31. The third-order valence-electron chi connectivity index (χ3n) is 4.35. The summed E-state index contributed by atoms with van der Waals surface area (Å²) in [5, 5.41) is 3.03. The molecule has 2 aromatic rings. The Hall–Kier alpha value is -1.07. The summed E-state index contributed by atoms with van der Waals surface area (Å²) in [6.07, 6.45) is 1.98. The maximum atomic E-state index is 12.9. The van der Waals surface area contributed by atoms with Crippen molar-refractivity contribution in [2.45, 2.75) is 25.0 Å². The second-order valence-corrected chi connectivity index (χ2v) is 7.39. The highest BCUT2D eigenvalue weighted by Crippen LogP contribution is 2.44. The van der Waals surface area contributed by atoms with Crippen LogP contribution in [0.3, 0.4) is 0 Å². The number of hydrogen-bond donors (Lipinski definition) is 0. The standard InChI is InChI=1S/C16H14Cl2N2OS/c17-11-6-5-10(9-12(11)18)20-15(14-4-2-8-22-14)19-7-1-3-13(19)16(20)21/h2,4-6,8-9,13,15H,1,3,7H2. The van der Waals surface area contributed by atoms with Crippen LogP contribution in [0.25, 0.3) is 0 Å². The first-order valence-electron chi connectivity index (χ1n) is 7.24. The highest BCUT2D eigenvalue weighted by molar-refractivity contribution is 7.10. The molecule has 2 aliphatic heterocycles. The summed E-state index contributed by atoms with van der Waals surface area (Å²) in [7, 11) is 0. The zero-order chi connectivity index (χ0) is 15.3. The molecule has 0 spiro atoms. The molecule has 2 saturated heterocycles. The third-order valence-corrected chi connectivity index (χ3v) is 6.01. The highest BCUT2D eigenvalue weighted by atomic mass is 35.5. The molecular formula is C16H14Cl2N2OS. The van der Waals surface area contributed by atoms with Gasteiger partial charge in [-0.05, 0) is 42.5 Å². The number of amides is 1. The second-order valence-electron chi connectivity index (χ2n) is 5.59. The minimum atomic E-state index is -0.0303. The lowest BCUT2D eigenvalue weighted by Gasteiger charge is -2.28. The van der Waals surface area contributed by atoms with E-state index < -0.39 is 0 Å². The van der Waals surface area contributed by atoms with Gasteiger partial charge in [-0.1, -0.05) is 29.3 Å². The van der Waals surface area contributed by atoms with E-state index in [2.05, 4.69) is 16.3 Å². The van der Waals surface area contributed by atoms with Gasteiger partial charge in [-0.15, -0.1) is 11.3 Å². The van der Waals surface area contributed by atoms with Gasteiger partial charge in [0.25, 0.3) is 0 Å². The van der Waals surface area contributed by atoms with Gasteiger partial charge in [0.2, 0.25) is 5.91 Å². The van der Waals surface area contributed by atoms with Crippen LogP contribution in [0.15, 0.2) is 35.7 Å². The van der Waals surface area contributed by atoms with Crippen LogP contribution in [0.4, 0.5) is 5.69 Å². The van der Waals surface area contributed by atoms with Gasteiger partial charge in [-0.25, -0.2) is 0 Å². The molecule has 6 heteroatoms. The Balaban J connectivity index is 1.81. The summed E-state index contributed by atoms with van der Waals surface area (Å²) < 4.78 is 0. The first kappa shape index (κ1) is 14.5. The molecule has 0 saturated carbocycles. The van der Waals surface area contributed by atoms with Crippen molar-refractivity contribution >= 4 is 46.1 Å². The van der Waals surface area contributed by atoms with Gasteiger partial charge in [-0.2, -0.15) is 0 Å².